The van der Waals surface area contributed by atoms with E-state index in [1.165, 1.54) is 0 Å². The molecule has 1 aliphatic rings. The van der Waals surface area contributed by atoms with Crippen LogP contribution >= 0.6 is 0 Å². The first-order valence-electron chi connectivity index (χ1n) is 4.47. The van der Waals surface area contributed by atoms with E-state index in [-0.39, 0.29) is 11.9 Å². The van der Waals surface area contributed by atoms with Crippen LogP contribution in [0.5, 0.6) is 0 Å². The highest BCUT2D eigenvalue weighted by atomic mass is 16.2. The fourth-order valence-corrected chi connectivity index (χ4v) is 1.48. The smallest absolute Gasteiger partial charge is 0.227 e. The quantitative estimate of drug-likeness (QED) is 0.601. The molecule has 0 spiro atoms. The van der Waals surface area contributed by atoms with Crippen LogP contribution in [0.1, 0.15) is 12.8 Å². The zero-order valence-electron chi connectivity index (χ0n) is 7.78. The molecule has 0 aromatic carbocycles. The van der Waals surface area contributed by atoms with Crippen molar-refractivity contribution in [3.05, 3.63) is 37.5 Å². The summed E-state index contributed by atoms with van der Waals surface area (Å²) < 4.78 is 0. The molecule has 0 fully saturated rings. The first-order valence-corrected chi connectivity index (χ1v) is 4.47. The Hall–Kier alpha value is -1.31. The summed E-state index contributed by atoms with van der Waals surface area (Å²) in [4.78, 5) is 13.3. The zero-order valence-corrected chi connectivity index (χ0v) is 7.78. The second-order valence-corrected chi connectivity index (χ2v) is 3.06. The third kappa shape index (κ3) is 2.31. The van der Waals surface area contributed by atoms with E-state index in [0.717, 1.165) is 6.42 Å². The van der Waals surface area contributed by atoms with Crippen molar-refractivity contribution in [2.45, 2.75) is 18.9 Å². The van der Waals surface area contributed by atoms with Gasteiger partial charge in [-0.25, -0.2) is 0 Å². The van der Waals surface area contributed by atoms with Crippen LogP contribution in [0.4, 0.5) is 0 Å². The molecule has 70 valence electrons. The van der Waals surface area contributed by atoms with Gasteiger partial charge in [-0.1, -0.05) is 24.3 Å². The highest BCUT2D eigenvalue weighted by Gasteiger charge is 2.21. The van der Waals surface area contributed by atoms with Gasteiger partial charge < -0.3 is 4.90 Å². The highest BCUT2D eigenvalue weighted by molar-refractivity contribution is 5.79. The van der Waals surface area contributed by atoms with Crippen molar-refractivity contribution in [2.75, 3.05) is 6.54 Å². The fourth-order valence-electron chi connectivity index (χ4n) is 1.48. The second kappa shape index (κ2) is 4.65. The Morgan fingerprint density at radius 2 is 2.31 bits per heavy atom. The zero-order chi connectivity index (χ0) is 9.68. The third-order valence-corrected chi connectivity index (χ3v) is 2.11. The van der Waals surface area contributed by atoms with Gasteiger partial charge in [0.25, 0.3) is 0 Å². The second-order valence-electron chi connectivity index (χ2n) is 3.06. The van der Waals surface area contributed by atoms with Crippen LogP contribution in [0.15, 0.2) is 37.5 Å². The molecule has 0 radical (unpaired) electrons. The minimum absolute atomic E-state index is 0.175. The first-order chi connectivity index (χ1) is 6.29. The summed E-state index contributed by atoms with van der Waals surface area (Å²) in [5.74, 6) is 0.175. The molecular weight excluding hydrogens is 162 g/mol. The molecule has 2 nitrogen and oxygen atoms in total. The molecule has 0 saturated heterocycles. The number of hydrogen-bond donors (Lipinski definition) is 0. The summed E-state index contributed by atoms with van der Waals surface area (Å²) in [6.45, 7) is 7.94. The predicted molar refractivity (Wildman–Crippen MR) is 54.3 cm³/mol. The minimum Gasteiger partial charge on any atom is -0.332 e. The largest absolute Gasteiger partial charge is 0.332 e. The molecular formula is C11H15NO. The molecule has 1 heterocycles. The van der Waals surface area contributed by atoms with Crippen molar-refractivity contribution >= 4 is 5.91 Å². The van der Waals surface area contributed by atoms with Crippen LogP contribution in [0.3, 0.4) is 0 Å². The maximum absolute atomic E-state index is 11.5. The van der Waals surface area contributed by atoms with Crippen LogP contribution in [-0.2, 0) is 4.79 Å². The molecule has 0 aromatic heterocycles. The number of hydrogen-bond acceptors (Lipinski definition) is 1. The molecule has 1 aliphatic heterocycles. The van der Waals surface area contributed by atoms with Gasteiger partial charge >= 0.3 is 0 Å². The van der Waals surface area contributed by atoms with E-state index >= 15 is 0 Å². The molecule has 0 aliphatic carbocycles. The number of carbonyl (C=O) groups excluding carboxylic acids is 1. The van der Waals surface area contributed by atoms with Gasteiger partial charge in [-0.2, -0.15) is 0 Å². The Morgan fingerprint density at radius 1 is 1.54 bits per heavy atom. The molecule has 1 amide bonds. The van der Waals surface area contributed by atoms with Crippen LogP contribution in [0, 0.1) is 0 Å². The topological polar surface area (TPSA) is 20.3 Å². The number of rotatable bonds is 4. The highest BCUT2D eigenvalue weighted by Crippen LogP contribution is 2.14. The van der Waals surface area contributed by atoms with Gasteiger partial charge in [0.15, 0.2) is 0 Å². The van der Waals surface area contributed by atoms with Crippen molar-refractivity contribution in [1.29, 1.82) is 0 Å². The Labute approximate surface area is 79.2 Å². The molecule has 0 aromatic rings. The lowest BCUT2D eigenvalue weighted by Gasteiger charge is -2.30. The van der Waals surface area contributed by atoms with Crippen molar-refractivity contribution in [3.63, 3.8) is 0 Å². The van der Waals surface area contributed by atoms with Crippen molar-refractivity contribution in [3.8, 4) is 0 Å². The summed E-state index contributed by atoms with van der Waals surface area (Å²) >= 11 is 0. The average molecular weight is 177 g/mol. The Balaban J connectivity index is 2.71. The summed E-state index contributed by atoms with van der Waals surface area (Å²) in [6, 6.07) is 0.178. The van der Waals surface area contributed by atoms with E-state index in [9.17, 15) is 4.79 Å². The van der Waals surface area contributed by atoms with E-state index in [2.05, 4.69) is 19.2 Å². The minimum atomic E-state index is 0.175. The average Bonchev–Trinajstić information content (AvgIpc) is 2.11. The third-order valence-electron chi connectivity index (χ3n) is 2.11. The van der Waals surface area contributed by atoms with Gasteiger partial charge in [0.2, 0.25) is 5.91 Å². The number of nitrogens with zero attached hydrogens (tertiary/aromatic N) is 1. The molecule has 0 saturated carbocycles. The van der Waals surface area contributed by atoms with Crippen LogP contribution in [0.25, 0.3) is 0 Å². The molecule has 0 bridgehead atoms. The van der Waals surface area contributed by atoms with Crippen molar-refractivity contribution < 1.29 is 4.79 Å². The van der Waals surface area contributed by atoms with Gasteiger partial charge in [0.05, 0.1) is 6.04 Å². The van der Waals surface area contributed by atoms with Gasteiger partial charge in [0, 0.05) is 13.0 Å². The fraction of sp³-hybridized carbons (Fsp3) is 0.364. The van der Waals surface area contributed by atoms with E-state index in [1.54, 1.807) is 6.08 Å². The lowest BCUT2D eigenvalue weighted by Crippen LogP contribution is -2.40. The SMILES string of the molecule is C=CCC1C=CCC(=O)N1CC=C. The summed E-state index contributed by atoms with van der Waals surface area (Å²) in [5, 5.41) is 0. The lowest BCUT2D eigenvalue weighted by molar-refractivity contribution is -0.131. The van der Waals surface area contributed by atoms with Crippen LogP contribution < -0.4 is 0 Å². The van der Waals surface area contributed by atoms with Gasteiger partial charge in [-0.05, 0) is 6.42 Å². The van der Waals surface area contributed by atoms with Gasteiger partial charge in [0.1, 0.15) is 0 Å². The molecule has 2 heteroatoms. The molecule has 1 unspecified atom stereocenters. The molecule has 1 atom stereocenters. The van der Waals surface area contributed by atoms with Crippen LogP contribution in [-0.4, -0.2) is 23.4 Å². The summed E-state index contributed by atoms with van der Waals surface area (Å²) in [7, 11) is 0. The van der Waals surface area contributed by atoms with Gasteiger partial charge in [-0.15, -0.1) is 13.2 Å². The van der Waals surface area contributed by atoms with Crippen LogP contribution in [0.2, 0.25) is 0 Å². The lowest BCUT2D eigenvalue weighted by atomic mass is 10.1. The van der Waals surface area contributed by atoms with E-state index in [1.807, 2.05) is 17.1 Å². The van der Waals surface area contributed by atoms with Crippen molar-refractivity contribution in [2.24, 2.45) is 0 Å². The Bertz CT molecular complexity index is 242. The van der Waals surface area contributed by atoms with E-state index in [0.29, 0.717) is 13.0 Å². The Kier molecular flexibility index (Phi) is 3.50. The maximum atomic E-state index is 11.5. The normalized spacial score (nSPS) is 21.7. The number of amides is 1. The summed E-state index contributed by atoms with van der Waals surface area (Å²) in [6.07, 6.45) is 8.91. The Morgan fingerprint density at radius 3 is 2.92 bits per heavy atom. The van der Waals surface area contributed by atoms with E-state index in [4.69, 9.17) is 0 Å². The van der Waals surface area contributed by atoms with Crippen molar-refractivity contribution in [1.82, 2.24) is 4.90 Å². The molecule has 13 heavy (non-hydrogen) atoms. The van der Waals surface area contributed by atoms with Gasteiger partial charge in [-0.3, -0.25) is 4.79 Å². The predicted octanol–water partition coefficient (Wildman–Crippen LogP) is 1.91. The number of carbonyl (C=O) groups is 1. The standard InChI is InChI=1S/C11H15NO/c1-3-6-10-7-5-8-11(13)12(10)9-4-2/h3-5,7,10H,1-2,6,8-9H2. The molecule has 1 rings (SSSR count). The maximum Gasteiger partial charge on any atom is 0.227 e. The first kappa shape index (κ1) is 9.78. The summed E-state index contributed by atoms with van der Waals surface area (Å²) in [5.41, 5.74) is 0. The van der Waals surface area contributed by atoms with E-state index < -0.39 is 0 Å². The monoisotopic (exact) mass is 177 g/mol. The molecule has 0 N–H and O–H groups in total.